The highest BCUT2D eigenvalue weighted by molar-refractivity contribution is 5.96. The van der Waals surface area contributed by atoms with Gasteiger partial charge in [-0.2, -0.15) is 0 Å². The Bertz CT molecular complexity index is 1070. The Morgan fingerprint density at radius 3 is 1.70 bits per heavy atom. The maximum absolute atomic E-state index is 13.0. The lowest BCUT2D eigenvalue weighted by atomic mass is 10.00. The molecule has 0 saturated heterocycles. The van der Waals surface area contributed by atoms with Gasteiger partial charge in [0.15, 0.2) is 0 Å². The Hall–Kier alpha value is -4.32. The minimum atomic E-state index is -1.52. The van der Waals surface area contributed by atoms with Crippen molar-refractivity contribution in [1.29, 1.82) is 0 Å². The van der Waals surface area contributed by atoms with Crippen LogP contribution in [0.2, 0.25) is 0 Å². The number of nitrogens with two attached hydrogens (primary N) is 2. The molecule has 0 spiro atoms. The van der Waals surface area contributed by atoms with E-state index in [1.165, 1.54) is 13.8 Å². The Morgan fingerprint density at radius 1 is 0.682 bits per heavy atom. The first-order valence-corrected chi connectivity index (χ1v) is 14.0. The molecule has 0 saturated carbocycles. The Kier molecular flexibility index (Phi) is 17.2. The molecule has 0 aliphatic heterocycles. The molecule has 0 heterocycles. The molecule has 0 aliphatic rings. The van der Waals surface area contributed by atoms with E-state index in [0.717, 1.165) is 0 Å². The fraction of sp³-hybridized carbons (Fsp3) is 0.692. The van der Waals surface area contributed by atoms with Crippen molar-refractivity contribution in [3.8, 4) is 0 Å². The van der Waals surface area contributed by atoms with Crippen LogP contribution >= 0.6 is 0 Å². The first-order valence-electron chi connectivity index (χ1n) is 14.0. The predicted octanol–water partition coefficient (Wildman–Crippen LogP) is -4.45. The standard InChI is InChI=1S/C26H46N8O10/c1-11(2)7-15(27)23(41)33-20(12(3)4)26(44)34-21(14(6)35)25(43)29-9-18(37)31-13(5)22(40)32-16(8-17(28)36)24(42)30-10-19(38)39/h11-16,20-21,35H,7-10,27H2,1-6H3,(H2,28,36)(H,29,43)(H,30,42)(H,31,37)(H,32,40)(H,33,41)(H,34,44)(H,38,39). The number of carbonyl (C=O) groups is 8. The van der Waals surface area contributed by atoms with Crippen LogP contribution in [-0.4, -0.2) is 107 Å². The van der Waals surface area contributed by atoms with Crippen LogP contribution in [0.4, 0.5) is 0 Å². The van der Waals surface area contributed by atoms with Gasteiger partial charge in [0.2, 0.25) is 41.4 Å². The number of aliphatic carboxylic acids is 1. The van der Waals surface area contributed by atoms with Gasteiger partial charge in [0.1, 0.15) is 30.7 Å². The molecule has 250 valence electrons. The molecule has 0 fully saturated rings. The van der Waals surface area contributed by atoms with E-state index in [4.69, 9.17) is 16.6 Å². The van der Waals surface area contributed by atoms with Crippen LogP contribution in [0.25, 0.3) is 0 Å². The van der Waals surface area contributed by atoms with Crippen molar-refractivity contribution in [3.05, 3.63) is 0 Å². The second-order valence-electron chi connectivity index (χ2n) is 11.0. The Labute approximate surface area is 255 Å². The second-order valence-corrected chi connectivity index (χ2v) is 11.0. The zero-order valence-electron chi connectivity index (χ0n) is 25.8. The van der Waals surface area contributed by atoms with Gasteiger partial charge < -0.3 is 53.6 Å². The highest BCUT2D eigenvalue weighted by atomic mass is 16.4. The van der Waals surface area contributed by atoms with Gasteiger partial charge in [-0.3, -0.25) is 38.4 Å². The SMILES string of the molecule is CC(C)CC(N)C(=O)NC(C(=O)NC(C(=O)NCC(=O)NC(C)C(=O)NC(CC(N)=O)C(=O)NCC(=O)O)C(C)O)C(C)C. The van der Waals surface area contributed by atoms with Crippen molar-refractivity contribution >= 4 is 47.3 Å². The number of hydrogen-bond acceptors (Lipinski definition) is 10. The van der Waals surface area contributed by atoms with Gasteiger partial charge >= 0.3 is 5.97 Å². The minimum absolute atomic E-state index is 0.135. The van der Waals surface area contributed by atoms with Crippen LogP contribution in [0.3, 0.4) is 0 Å². The summed E-state index contributed by atoms with van der Waals surface area (Å²) in [4.78, 5) is 97.1. The van der Waals surface area contributed by atoms with E-state index in [0.29, 0.717) is 6.42 Å². The van der Waals surface area contributed by atoms with Gasteiger partial charge in [-0.25, -0.2) is 0 Å². The monoisotopic (exact) mass is 630 g/mol. The number of nitrogens with one attached hydrogen (secondary N) is 6. The number of aliphatic hydroxyl groups is 1. The summed E-state index contributed by atoms with van der Waals surface area (Å²) in [5, 5.41) is 32.4. The molecular weight excluding hydrogens is 584 g/mol. The van der Waals surface area contributed by atoms with E-state index in [2.05, 4.69) is 26.6 Å². The lowest BCUT2D eigenvalue weighted by molar-refractivity contribution is -0.138. The molecule has 0 aliphatic carbocycles. The smallest absolute Gasteiger partial charge is 0.322 e. The molecule has 18 nitrogen and oxygen atoms in total. The van der Waals surface area contributed by atoms with Crippen molar-refractivity contribution in [1.82, 2.24) is 31.9 Å². The lowest BCUT2D eigenvalue weighted by Gasteiger charge is -2.27. The third-order valence-corrected chi connectivity index (χ3v) is 6.02. The van der Waals surface area contributed by atoms with Crippen molar-refractivity contribution < 1.29 is 48.6 Å². The molecule has 12 N–H and O–H groups in total. The van der Waals surface area contributed by atoms with Gasteiger partial charge in [0.25, 0.3) is 0 Å². The van der Waals surface area contributed by atoms with Crippen molar-refractivity contribution in [2.45, 2.75) is 90.7 Å². The summed E-state index contributed by atoms with van der Waals surface area (Å²) in [7, 11) is 0. The Morgan fingerprint density at radius 2 is 1.23 bits per heavy atom. The maximum Gasteiger partial charge on any atom is 0.322 e. The van der Waals surface area contributed by atoms with Crippen molar-refractivity contribution in [2.75, 3.05) is 13.1 Å². The summed E-state index contributed by atoms with van der Waals surface area (Å²) in [5.41, 5.74) is 11.0. The zero-order valence-corrected chi connectivity index (χ0v) is 25.8. The summed E-state index contributed by atoms with van der Waals surface area (Å²) in [6.45, 7) is 8.10. The summed E-state index contributed by atoms with van der Waals surface area (Å²) >= 11 is 0. The fourth-order valence-corrected chi connectivity index (χ4v) is 3.69. The highest BCUT2D eigenvalue weighted by Crippen LogP contribution is 2.07. The molecule has 6 unspecified atom stereocenters. The quantitative estimate of drug-likeness (QED) is 0.0649. The third kappa shape index (κ3) is 15.2. The van der Waals surface area contributed by atoms with E-state index in [9.17, 15) is 43.5 Å². The molecule has 7 amide bonds. The number of carbonyl (C=O) groups excluding carboxylic acids is 7. The number of carboxylic acid groups (broad SMARTS) is 1. The first kappa shape index (κ1) is 39.7. The molecule has 6 atom stereocenters. The molecule has 0 bridgehead atoms. The summed E-state index contributed by atoms with van der Waals surface area (Å²) in [5.74, 6) is -7.65. The van der Waals surface area contributed by atoms with Crippen molar-refractivity contribution in [2.24, 2.45) is 23.3 Å². The van der Waals surface area contributed by atoms with Crippen LogP contribution in [0.15, 0.2) is 0 Å². The molecule has 0 aromatic carbocycles. The molecule has 0 rings (SSSR count). The number of carboxylic acids is 1. The van der Waals surface area contributed by atoms with Gasteiger partial charge in [0, 0.05) is 0 Å². The van der Waals surface area contributed by atoms with Gasteiger partial charge in [0.05, 0.1) is 25.1 Å². The van der Waals surface area contributed by atoms with E-state index in [1.54, 1.807) is 13.8 Å². The highest BCUT2D eigenvalue weighted by Gasteiger charge is 2.32. The number of aliphatic hydroxyl groups excluding tert-OH is 1. The van der Waals surface area contributed by atoms with E-state index >= 15 is 0 Å². The number of amides is 7. The van der Waals surface area contributed by atoms with E-state index in [1.807, 2.05) is 19.2 Å². The molecule has 18 heteroatoms. The average Bonchev–Trinajstić information content (AvgIpc) is 2.89. The second kappa shape index (κ2) is 19.1. The van der Waals surface area contributed by atoms with E-state index < -0.39 is 109 Å². The lowest BCUT2D eigenvalue weighted by Crippen LogP contribution is -2.60. The van der Waals surface area contributed by atoms with Crippen LogP contribution in [0, 0.1) is 11.8 Å². The normalized spacial score (nSPS) is 15.0. The van der Waals surface area contributed by atoms with Crippen LogP contribution in [0.5, 0.6) is 0 Å². The molecule has 0 radical (unpaired) electrons. The molecule has 0 aromatic heterocycles. The Balaban J connectivity index is 5.21. The molecular formula is C26H46N8O10. The maximum atomic E-state index is 13.0. The molecule has 0 aromatic rings. The number of rotatable bonds is 19. The van der Waals surface area contributed by atoms with Crippen molar-refractivity contribution in [3.63, 3.8) is 0 Å². The van der Waals surface area contributed by atoms with Gasteiger partial charge in [-0.05, 0) is 32.1 Å². The summed E-state index contributed by atoms with van der Waals surface area (Å²) in [6.07, 6.45) is -1.67. The number of primary amides is 1. The third-order valence-electron chi connectivity index (χ3n) is 6.02. The zero-order chi connectivity index (χ0) is 34.3. The first-order chi connectivity index (χ1) is 20.3. The summed E-state index contributed by atoms with van der Waals surface area (Å²) < 4.78 is 0. The van der Waals surface area contributed by atoms with Gasteiger partial charge in [-0.1, -0.05) is 27.7 Å². The predicted molar refractivity (Wildman–Crippen MR) is 155 cm³/mol. The van der Waals surface area contributed by atoms with Crippen LogP contribution in [0.1, 0.15) is 54.4 Å². The fourth-order valence-electron chi connectivity index (χ4n) is 3.69. The van der Waals surface area contributed by atoms with Crippen LogP contribution in [-0.2, 0) is 38.4 Å². The molecule has 44 heavy (non-hydrogen) atoms. The van der Waals surface area contributed by atoms with E-state index in [-0.39, 0.29) is 5.92 Å². The summed E-state index contributed by atoms with van der Waals surface area (Å²) in [6, 6.07) is -6.25. The van der Waals surface area contributed by atoms with Gasteiger partial charge in [-0.15, -0.1) is 0 Å². The largest absolute Gasteiger partial charge is 0.480 e. The average molecular weight is 631 g/mol. The topological polar surface area (TPSA) is 301 Å². The number of hydrogen-bond donors (Lipinski definition) is 10. The minimum Gasteiger partial charge on any atom is -0.480 e. The van der Waals surface area contributed by atoms with Crippen LogP contribution < -0.4 is 43.4 Å².